The van der Waals surface area contributed by atoms with Gasteiger partial charge in [-0.05, 0) is 53.9 Å². The van der Waals surface area contributed by atoms with Crippen LogP contribution in [0.15, 0.2) is 72.8 Å². The molecule has 3 aromatic carbocycles. The Bertz CT molecular complexity index is 1010. The molecule has 0 aromatic heterocycles. The average molecular weight is 436 g/mol. The summed E-state index contributed by atoms with van der Waals surface area (Å²) in [5.74, 6) is -0.939. The molecule has 0 saturated carbocycles. The van der Waals surface area contributed by atoms with Gasteiger partial charge in [-0.2, -0.15) is 0 Å². The van der Waals surface area contributed by atoms with Crippen LogP contribution in [0.2, 0.25) is 0 Å². The summed E-state index contributed by atoms with van der Waals surface area (Å²) in [6, 6.07) is 21.9. The quantitative estimate of drug-likeness (QED) is 0.257. The van der Waals surface area contributed by atoms with Crippen molar-refractivity contribution >= 4 is 11.6 Å². The highest BCUT2D eigenvalue weighted by molar-refractivity contribution is 5.95. The molecule has 7 nitrogen and oxygen atoms in total. The molecular formula is C25H29N3O4. The second kappa shape index (κ2) is 11.3. The molecule has 0 radical (unpaired) electrons. The molecule has 0 saturated heterocycles. The molecule has 7 N–H and O–H groups in total. The van der Waals surface area contributed by atoms with Crippen molar-refractivity contribution in [2.24, 2.45) is 5.73 Å². The number of primary amides is 1. The summed E-state index contributed by atoms with van der Waals surface area (Å²) in [6.07, 6.45) is -0.614. The van der Waals surface area contributed by atoms with Crippen molar-refractivity contribution < 1.29 is 20.1 Å². The molecule has 32 heavy (non-hydrogen) atoms. The molecule has 2 unspecified atom stereocenters. The van der Waals surface area contributed by atoms with Crippen LogP contribution < -0.4 is 16.4 Å². The highest BCUT2D eigenvalue weighted by Gasteiger charge is 2.13. The molecule has 1 amide bonds. The van der Waals surface area contributed by atoms with Crippen LogP contribution in [0.25, 0.3) is 0 Å². The summed E-state index contributed by atoms with van der Waals surface area (Å²) in [7, 11) is 0. The molecule has 0 aliphatic heterocycles. The van der Waals surface area contributed by atoms with Crippen molar-refractivity contribution in [1.82, 2.24) is 5.32 Å². The zero-order valence-electron chi connectivity index (χ0n) is 17.7. The zero-order chi connectivity index (χ0) is 22.9. The molecule has 0 bridgehead atoms. The van der Waals surface area contributed by atoms with Gasteiger partial charge >= 0.3 is 0 Å². The van der Waals surface area contributed by atoms with Gasteiger partial charge in [-0.15, -0.1) is 0 Å². The number of phenols is 1. The van der Waals surface area contributed by atoms with Crippen molar-refractivity contribution in [3.05, 3.63) is 95.1 Å². The number of aromatic hydroxyl groups is 1. The first kappa shape index (κ1) is 23.3. The van der Waals surface area contributed by atoms with E-state index in [4.69, 9.17) is 5.73 Å². The summed E-state index contributed by atoms with van der Waals surface area (Å²) < 4.78 is 0. The van der Waals surface area contributed by atoms with Gasteiger partial charge in [-0.1, -0.05) is 48.5 Å². The Kier molecular flexibility index (Phi) is 8.21. The van der Waals surface area contributed by atoms with E-state index in [2.05, 4.69) is 10.6 Å². The lowest BCUT2D eigenvalue weighted by molar-refractivity contribution is 0.0997. The molecule has 3 aromatic rings. The number of carbonyl (C=O) groups is 1. The maximum atomic E-state index is 11.3. The van der Waals surface area contributed by atoms with Gasteiger partial charge in [-0.25, -0.2) is 0 Å². The molecule has 3 rings (SSSR count). The number of hydrogen-bond acceptors (Lipinski definition) is 6. The number of aliphatic hydroxyl groups is 2. The largest absolute Gasteiger partial charge is 0.507 e. The number of rotatable bonds is 11. The second-order valence-electron chi connectivity index (χ2n) is 7.62. The minimum absolute atomic E-state index is 0.00784. The Labute approximate surface area is 187 Å². The van der Waals surface area contributed by atoms with E-state index in [1.807, 2.05) is 54.6 Å². The fourth-order valence-corrected chi connectivity index (χ4v) is 3.34. The molecule has 0 heterocycles. The van der Waals surface area contributed by atoms with Gasteiger partial charge in [0, 0.05) is 18.8 Å². The SMILES string of the molecule is NC(=O)c1cc(C(O)CNCCc2ccc(NCC(O)c3ccccc3)cc2)ccc1O. The van der Waals surface area contributed by atoms with Crippen molar-refractivity contribution in [2.45, 2.75) is 18.6 Å². The number of carbonyl (C=O) groups excluding carboxylic acids is 1. The summed E-state index contributed by atoms with van der Waals surface area (Å²) in [5, 5.41) is 36.6. The lowest BCUT2D eigenvalue weighted by Crippen LogP contribution is -2.24. The van der Waals surface area contributed by atoms with Gasteiger partial charge in [0.2, 0.25) is 0 Å². The summed E-state index contributed by atoms with van der Waals surface area (Å²) in [4.78, 5) is 11.3. The van der Waals surface area contributed by atoms with E-state index in [-0.39, 0.29) is 11.3 Å². The van der Waals surface area contributed by atoms with E-state index in [1.54, 1.807) is 6.07 Å². The predicted octanol–water partition coefficient (Wildman–Crippen LogP) is 2.50. The van der Waals surface area contributed by atoms with Gasteiger partial charge in [-0.3, -0.25) is 4.79 Å². The first-order valence-electron chi connectivity index (χ1n) is 10.5. The highest BCUT2D eigenvalue weighted by Crippen LogP contribution is 2.22. The van der Waals surface area contributed by atoms with E-state index in [0.717, 1.165) is 23.2 Å². The summed E-state index contributed by atoms with van der Waals surface area (Å²) >= 11 is 0. The van der Waals surface area contributed by atoms with Gasteiger partial charge in [0.05, 0.1) is 17.8 Å². The lowest BCUT2D eigenvalue weighted by Gasteiger charge is -2.14. The van der Waals surface area contributed by atoms with Gasteiger partial charge < -0.3 is 31.7 Å². The van der Waals surface area contributed by atoms with Gasteiger partial charge in [0.15, 0.2) is 0 Å². The molecule has 0 aliphatic rings. The minimum atomic E-state index is -0.823. The first-order chi connectivity index (χ1) is 15.4. The minimum Gasteiger partial charge on any atom is -0.507 e. The third-order valence-electron chi connectivity index (χ3n) is 5.24. The van der Waals surface area contributed by atoms with Gasteiger partial charge in [0.1, 0.15) is 5.75 Å². The molecule has 0 fully saturated rings. The zero-order valence-corrected chi connectivity index (χ0v) is 17.7. The smallest absolute Gasteiger partial charge is 0.252 e. The normalized spacial score (nSPS) is 12.8. The Balaban J connectivity index is 1.41. The predicted molar refractivity (Wildman–Crippen MR) is 124 cm³/mol. The number of hydrogen-bond donors (Lipinski definition) is 6. The molecular weight excluding hydrogens is 406 g/mol. The molecule has 0 spiro atoms. The monoisotopic (exact) mass is 435 g/mol. The van der Waals surface area contributed by atoms with Crippen LogP contribution in [0, 0.1) is 0 Å². The topological polar surface area (TPSA) is 128 Å². The van der Waals surface area contributed by atoms with Crippen LogP contribution in [0.3, 0.4) is 0 Å². The van der Waals surface area contributed by atoms with Crippen molar-refractivity contribution in [1.29, 1.82) is 0 Å². The van der Waals surface area contributed by atoms with E-state index < -0.39 is 18.1 Å². The molecule has 2 atom stereocenters. The van der Waals surface area contributed by atoms with Crippen LogP contribution in [0.5, 0.6) is 5.75 Å². The first-order valence-corrected chi connectivity index (χ1v) is 10.5. The highest BCUT2D eigenvalue weighted by atomic mass is 16.3. The fourth-order valence-electron chi connectivity index (χ4n) is 3.34. The Morgan fingerprint density at radius 1 is 0.875 bits per heavy atom. The van der Waals surface area contributed by atoms with Gasteiger partial charge in [0.25, 0.3) is 5.91 Å². The number of benzene rings is 3. The van der Waals surface area contributed by atoms with Crippen LogP contribution in [-0.2, 0) is 6.42 Å². The van der Waals surface area contributed by atoms with Crippen molar-refractivity contribution in [3.8, 4) is 5.75 Å². The van der Waals surface area contributed by atoms with E-state index in [9.17, 15) is 20.1 Å². The standard InChI is InChI=1S/C25H29N3O4/c26-25(32)21-14-19(8-11-22(21)29)23(30)15-27-13-12-17-6-9-20(10-7-17)28-16-24(31)18-4-2-1-3-5-18/h1-11,14,23-24,27-31H,12-13,15-16H2,(H2,26,32). The number of anilines is 1. The number of nitrogens with one attached hydrogen (secondary N) is 2. The van der Waals surface area contributed by atoms with Crippen LogP contribution >= 0.6 is 0 Å². The third kappa shape index (κ3) is 6.55. The Hall–Kier alpha value is -3.39. The number of amides is 1. The van der Waals surface area contributed by atoms with E-state index in [1.165, 1.54) is 12.1 Å². The fraction of sp³-hybridized carbons (Fsp3) is 0.240. The van der Waals surface area contributed by atoms with E-state index in [0.29, 0.717) is 25.2 Å². The summed E-state index contributed by atoms with van der Waals surface area (Å²) in [6.45, 7) is 1.40. The maximum absolute atomic E-state index is 11.3. The molecule has 168 valence electrons. The van der Waals surface area contributed by atoms with Crippen LogP contribution in [0.1, 0.15) is 39.3 Å². The maximum Gasteiger partial charge on any atom is 0.252 e. The average Bonchev–Trinajstić information content (AvgIpc) is 2.81. The van der Waals surface area contributed by atoms with Crippen molar-refractivity contribution in [3.63, 3.8) is 0 Å². The van der Waals surface area contributed by atoms with E-state index >= 15 is 0 Å². The third-order valence-corrected chi connectivity index (χ3v) is 5.24. The van der Waals surface area contributed by atoms with Crippen LogP contribution in [0.4, 0.5) is 5.69 Å². The molecule has 7 heteroatoms. The molecule has 0 aliphatic carbocycles. The number of aliphatic hydroxyl groups excluding tert-OH is 2. The van der Waals surface area contributed by atoms with Crippen LogP contribution in [-0.4, -0.2) is 40.9 Å². The number of nitrogens with two attached hydrogens (primary N) is 1. The van der Waals surface area contributed by atoms with Crippen molar-refractivity contribution in [2.75, 3.05) is 25.0 Å². The Morgan fingerprint density at radius 2 is 1.56 bits per heavy atom. The Morgan fingerprint density at radius 3 is 2.25 bits per heavy atom. The second-order valence-corrected chi connectivity index (χ2v) is 7.62. The lowest BCUT2D eigenvalue weighted by atomic mass is 10.0. The summed E-state index contributed by atoms with van der Waals surface area (Å²) in [5.41, 5.74) is 8.68.